The molecule has 4 aromatic rings. The second-order valence-electron chi connectivity index (χ2n) is 34.3. The number of hydrogen-bond donors (Lipinski definition) is 1. The van der Waals surface area contributed by atoms with Crippen LogP contribution in [0.2, 0.25) is 0 Å². The monoisotopic (exact) mass is 1690 g/mol. The molecule has 8 rings (SSSR count). The number of nitrogens with one attached hydrogen (secondary N) is 1. The van der Waals surface area contributed by atoms with Gasteiger partial charge in [-0.1, -0.05) is 374 Å². The quantitative estimate of drug-likeness (QED) is 0.0352. The molecule has 7 nitrogen and oxygen atoms in total. The summed E-state index contributed by atoms with van der Waals surface area (Å²) in [7, 11) is 0. The molecule has 1 aliphatic carbocycles. The summed E-state index contributed by atoms with van der Waals surface area (Å²) in [5.41, 5.74) is 11.5. The zero-order chi connectivity index (χ0) is 81.1. The van der Waals surface area contributed by atoms with Gasteiger partial charge in [-0.05, 0) is 162 Å². The summed E-state index contributed by atoms with van der Waals surface area (Å²) in [4.78, 5) is 65.1. The van der Waals surface area contributed by atoms with Gasteiger partial charge in [-0.2, -0.15) is 0 Å². The maximum Gasteiger partial charge on any atom is 0.261 e. The third-order valence-electron chi connectivity index (χ3n) is 24.7. The molecule has 0 fully saturated rings. The third-order valence-corrected chi connectivity index (χ3v) is 29.6. The van der Waals surface area contributed by atoms with Crippen molar-refractivity contribution in [3.63, 3.8) is 0 Å². The summed E-state index contributed by atoms with van der Waals surface area (Å²) >= 11 is 10.3. The van der Waals surface area contributed by atoms with Crippen molar-refractivity contribution in [1.82, 2.24) is 15.1 Å². The topological polar surface area (TPSA) is 86.8 Å². The van der Waals surface area contributed by atoms with E-state index in [0.717, 1.165) is 112 Å². The number of hydrogen-bond acceptors (Lipinski definition) is 8. The van der Waals surface area contributed by atoms with Gasteiger partial charge < -0.3 is 15.1 Å². The van der Waals surface area contributed by atoms with Crippen LogP contribution >= 0.6 is 61.3 Å². The molecule has 4 aliphatic rings. The second-order valence-corrected chi connectivity index (χ2v) is 38.6. The number of Topliss-reactive ketones (excluding diaryl/α,β-unsaturated/α-hetero) is 1. The minimum Gasteiger partial charge on any atom is -0.320 e. The van der Waals surface area contributed by atoms with Crippen LogP contribution in [0, 0.1) is 17.8 Å². The molecule has 12 heteroatoms. The van der Waals surface area contributed by atoms with Crippen molar-refractivity contribution in [1.29, 1.82) is 0 Å². The normalized spacial score (nSPS) is 15.0. The van der Waals surface area contributed by atoms with Gasteiger partial charge in [0.05, 0.1) is 54.0 Å². The molecule has 0 radical (unpaired) electrons. The third kappa shape index (κ3) is 34.5. The van der Waals surface area contributed by atoms with Crippen LogP contribution < -0.4 is 5.32 Å². The summed E-state index contributed by atoms with van der Waals surface area (Å²) in [5.74, 6) is 1.83. The molecule has 3 aliphatic heterocycles. The van der Waals surface area contributed by atoms with E-state index in [1.54, 1.807) is 45.3 Å². The van der Waals surface area contributed by atoms with Gasteiger partial charge in [0, 0.05) is 29.7 Å². The van der Waals surface area contributed by atoms with Gasteiger partial charge in [-0.3, -0.25) is 19.2 Å². The van der Waals surface area contributed by atoms with Gasteiger partial charge in [0.25, 0.3) is 17.7 Å². The fraction of sp³-hybridized carbons (Fsp3) is 0.723. The minimum absolute atomic E-state index is 0.0525. The molecule has 7 heterocycles. The fourth-order valence-corrected chi connectivity index (χ4v) is 21.8. The second kappa shape index (κ2) is 59.9. The van der Waals surface area contributed by atoms with E-state index >= 15 is 9.59 Å². The number of amides is 3. The average molecular weight is 1690 g/mol. The number of aryl methyl sites for hydroxylation is 4. The van der Waals surface area contributed by atoms with Gasteiger partial charge in [0.1, 0.15) is 0 Å². The molecule has 0 saturated carbocycles. The van der Waals surface area contributed by atoms with Gasteiger partial charge in [-0.25, -0.2) is 0 Å². The first-order valence-electron chi connectivity index (χ1n) is 47.7. The summed E-state index contributed by atoms with van der Waals surface area (Å²) < 4.78 is 0. The van der Waals surface area contributed by atoms with Crippen molar-refractivity contribution in [2.45, 2.75) is 435 Å². The first-order valence-corrected chi connectivity index (χ1v) is 52.3. The number of carbonyl (C=O) groups excluding carboxylic acids is 4. The number of halogens is 1. The Morgan fingerprint density at radius 3 is 0.912 bits per heavy atom. The number of rotatable bonds is 65. The highest BCUT2D eigenvalue weighted by Crippen LogP contribution is 2.50. The van der Waals surface area contributed by atoms with Gasteiger partial charge in [0.15, 0.2) is 5.78 Å². The SMILES string of the molecule is CCCCC(CC)CBr.CCCCCCCCCCCCc1csc(C2=C3C(=O)N(CC(CC)CCCC)C(c4cc(CCCCCCCCCCCC)cs4)=C3C(=O)N2CC(CC)CCCC)c1.CCCCCCCCCCCCc1csc(C2=C3C(=O)NC(c4cc(CCCCCCCCCCCC)cs4)=C3C(=O)C2)c1. The molecule has 0 bridgehead atoms. The number of fused-ring (bicyclic) bond motifs is 2. The van der Waals surface area contributed by atoms with Crippen molar-refractivity contribution in [3.8, 4) is 0 Å². The predicted molar refractivity (Wildman–Crippen MR) is 502 cm³/mol. The summed E-state index contributed by atoms with van der Waals surface area (Å²) in [6, 6.07) is 9.10. The molecule has 3 amide bonds. The first-order chi connectivity index (χ1) is 55.4. The van der Waals surface area contributed by atoms with Crippen molar-refractivity contribution in [2.24, 2.45) is 17.8 Å². The molecule has 0 spiro atoms. The van der Waals surface area contributed by atoms with Crippen LogP contribution in [0.3, 0.4) is 0 Å². The Hall–Kier alpha value is -3.68. The molecule has 3 unspecified atom stereocenters. The number of ketones is 1. The number of unbranched alkanes of at least 4 members (excludes halogenated alkanes) is 39. The van der Waals surface area contributed by atoms with Gasteiger partial charge >= 0.3 is 0 Å². The lowest BCUT2D eigenvalue weighted by molar-refractivity contribution is -0.124. The Bertz CT molecular complexity index is 3190. The maximum atomic E-state index is 15.1. The van der Waals surface area contributed by atoms with E-state index in [1.807, 2.05) is 0 Å². The molecule has 3 atom stereocenters. The lowest BCUT2D eigenvalue weighted by Crippen LogP contribution is -2.34. The number of alkyl halides is 1. The van der Waals surface area contributed by atoms with E-state index in [2.05, 4.69) is 146 Å². The summed E-state index contributed by atoms with van der Waals surface area (Å²) in [6.45, 7) is 24.1. The van der Waals surface area contributed by atoms with Crippen LogP contribution in [-0.2, 0) is 44.9 Å². The summed E-state index contributed by atoms with van der Waals surface area (Å²) in [5, 5.41) is 13.3. The first kappa shape index (κ1) is 98.1. The standard InChI is InChI=1S/C54H88N2O2S2.C39H57NO2S2.C8H17Br/c1-7-13-17-19-21-23-25-27-29-31-35-45-37-47(59-41-45)51-49-50(54(58)55(51)39-43(11-5)33-15-9-3)52(56(53(49)57)40-44(12-6)34-16-10-4)48-38-46(42-60-48)36-32-30-28-26-24-22-20-18-14-8-2;1-3-5-7-9-11-13-15-17-19-21-23-30-25-34(43-28-30)32-27-33(41)37-36(32)39(42)40-38(37)35-26-31(29-44-35)24-22-20-18-16-14-12-10-8-6-4-2;1-3-5-6-8(4-2)7-9/h37-38,41-44H,7-36,39-40H2,1-6H3;25-26,28-29H,3-24,27H2,1-2H3,(H,40,42);8H,3-7H2,1-2H3. The summed E-state index contributed by atoms with van der Waals surface area (Å²) in [6.07, 6.45) is 72.7. The van der Waals surface area contributed by atoms with Gasteiger partial charge in [-0.15, -0.1) is 45.3 Å². The van der Waals surface area contributed by atoms with Crippen molar-refractivity contribution in [2.75, 3.05) is 18.4 Å². The highest BCUT2D eigenvalue weighted by molar-refractivity contribution is 9.09. The van der Waals surface area contributed by atoms with Crippen LogP contribution in [0.5, 0.6) is 0 Å². The Balaban J connectivity index is 0.000000328. The lowest BCUT2D eigenvalue weighted by atomic mass is 9.98. The fourth-order valence-electron chi connectivity index (χ4n) is 17.1. The molecule has 0 saturated heterocycles. The van der Waals surface area contributed by atoms with E-state index < -0.39 is 0 Å². The predicted octanol–water partition coefficient (Wildman–Crippen LogP) is 32.6. The van der Waals surface area contributed by atoms with E-state index in [0.29, 0.717) is 53.6 Å². The smallest absolute Gasteiger partial charge is 0.261 e. The van der Waals surface area contributed by atoms with Crippen LogP contribution in [0.4, 0.5) is 0 Å². The molecule has 0 aromatic carbocycles. The number of thiophene rings is 4. The Morgan fingerprint density at radius 2 is 0.602 bits per heavy atom. The zero-order valence-electron chi connectivity index (χ0n) is 73.8. The number of carbonyl (C=O) groups is 4. The largest absolute Gasteiger partial charge is 0.320 e. The van der Waals surface area contributed by atoms with E-state index in [4.69, 9.17) is 0 Å². The average Bonchev–Trinajstić information content (AvgIpc) is 1.56. The Labute approximate surface area is 717 Å². The number of nitrogens with zero attached hydrogens (tertiary/aromatic N) is 2. The Kier molecular flexibility index (Phi) is 52.0. The molecule has 1 N–H and O–H groups in total. The Morgan fingerprint density at radius 1 is 0.327 bits per heavy atom. The lowest BCUT2D eigenvalue weighted by Gasteiger charge is -2.29. The highest BCUT2D eigenvalue weighted by Gasteiger charge is 2.50. The van der Waals surface area contributed by atoms with Crippen LogP contribution in [0.25, 0.3) is 22.7 Å². The van der Waals surface area contributed by atoms with Crippen molar-refractivity contribution in [3.05, 3.63) is 110 Å². The molecule has 636 valence electrons. The molecule has 4 aromatic heterocycles. The van der Waals surface area contributed by atoms with Crippen molar-refractivity contribution >= 4 is 107 Å². The van der Waals surface area contributed by atoms with Crippen LogP contribution in [0.1, 0.15) is 451 Å². The van der Waals surface area contributed by atoms with E-state index in [-0.39, 0.29) is 23.5 Å². The zero-order valence-corrected chi connectivity index (χ0v) is 78.7. The van der Waals surface area contributed by atoms with Gasteiger partial charge in [0.2, 0.25) is 0 Å². The molecule has 113 heavy (non-hydrogen) atoms. The van der Waals surface area contributed by atoms with Crippen LogP contribution in [-0.4, -0.2) is 51.7 Å². The van der Waals surface area contributed by atoms with Crippen molar-refractivity contribution < 1.29 is 19.2 Å². The maximum absolute atomic E-state index is 15.1. The molecular weight excluding hydrogens is 1530 g/mol. The molecular formula is C101H162BrN3O4S4. The minimum atomic E-state index is -0.106. The van der Waals surface area contributed by atoms with E-state index in [1.165, 1.54) is 323 Å². The highest BCUT2D eigenvalue weighted by atomic mass is 79.9. The van der Waals surface area contributed by atoms with Crippen LogP contribution in [0.15, 0.2) is 68.1 Å². The van der Waals surface area contributed by atoms with E-state index in [9.17, 15) is 9.59 Å². The number of allylic oxidation sites excluding steroid dienone is 1.